The summed E-state index contributed by atoms with van der Waals surface area (Å²) in [6.45, 7) is 14.4. The van der Waals surface area contributed by atoms with Gasteiger partial charge < -0.3 is 24.8 Å². The minimum Gasteiger partial charge on any atom is -1.00 e. The van der Waals surface area contributed by atoms with Crippen molar-refractivity contribution in [2.75, 3.05) is 0 Å². The molecule has 0 amide bonds. The number of hydrogen-bond acceptors (Lipinski definition) is 0. The second-order valence-electron chi connectivity index (χ2n) is 8.52. The van der Waals surface area contributed by atoms with Crippen LogP contribution in [0.5, 0.6) is 0 Å². The Balaban J connectivity index is 0.00000210. The molecule has 0 nitrogen and oxygen atoms in total. The second-order valence-corrected chi connectivity index (χ2v) is 14.2. The van der Waals surface area contributed by atoms with Crippen molar-refractivity contribution in [1.29, 1.82) is 0 Å². The van der Waals surface area contributed by atoms with Crippen LogP contribution in [-0.4, -0.2) is 11.3 Å². The van der Waals surface area contributed by atoms with Crippen molar-refractivity contribution in [2.45, 2.75) is 82.8 Å². The average molecular weight is 485 g/mol. The fourth-order valence-corrected chi connectivity index (χ4v) is 11.4. The zero-order valence-corrected chi connectivity index (χ0v) is 22.7. The van der Waals surface area contributed by atoms with Crippen LogP contribution in [0.25, 0.3) is 6.08 Å². The Hall–Kier alpha value is 0.164. The van der Waals surface area contributed by atoms with E-state index in [4.69, 9.17) is 0 Å². The maximum absolute atomic E-state index is 2.59. The summed E-state index contributed by atoms with van der Waals surface area (Å²) in [5.41, 5.74) is 7.99. The van der Waals surface area contributed by atoms with Crippen molar-refractivity contribution in [3.63, 3.8) is 0 Å². The summed E-state index contributed by atoms with van der Waals surface area (Å²) in [7, 11) is -0.0692. The van der Waals surface area contributed by atoms with Gasteiger partial charge in [-0.1, -0.05) is 0 Å². The molecule has 158 valence electrons. The molecule has 0 radical (unpaired) electrons. The van der Waals surface area contributed by atoms with E-state index >= 15 is 0 Å². The number of unbranched alkanes of at least 4 members (excludes halogenated alkanes) is 1. The van der Waals surface area contributed by atoms with Crippen LogP contribution >= 0.6 is 7.92 Å². The summed E-state index contributed by atoms with van der Waals surface area (Å²) in [4.78, 5) is 0. The molecule has 0 aliphatic heterocycles. The van der Waals surface area contributed by atoms with Gasteiger partial charge in [0.25, 0.3) is 0 Å². The van der Waals surface area contributed by atoms with Gasteiger partial charge >= 0.3 is 178 Å². The van der Waals surface area contributed by atoms with Crippen molar-refractivity contribution in [3.05, 3.63) is 61.8 Å². The van der Waals surface area contributed by atoms with Crippen LogP contribution in [0, 0.1) is 0 Å². The van der Waals surface area contributed by atoms with E-state index in [0.717, 1.165) is 15.5 Å². The van der Waals surface area contributed by atoms with Crippen LogP contribution in [0.3, 0.4) is 0 Å². The molecule has 3 rings (SSSR count). The van der Waals surface area contributed by atoms with Crippen molar-refractivity contribution >= 4 is 14.0 Å². The minimum absolute atomic E-state index is 0. The molecule has 0 saturated carbocycles. The summed E-state index contributed by atoms with van der Waals surface area (Å²) in [5.74, 6) is 0. The number of hydrogen-bond donors (Lipinski definition) is 0. The van der Waals surface area contributed by atoms with Gasteiger partial charge in [-0.3, -0.25) is 0 Å². The van der Waals surface area contributed by atoms with Gasteiger partial charge in [0.15, 0.2) is 0 Å². The maximum Gasteiger partial charge on any atom is -1.00 e. The molecule has 0 fully saturated rings. The quantitative estimate of drug-likeness (QED) is 0.392. The Kier molecular flexibility index (Phi) is 11.5. The molecule has 1 aromatic carbocycles. The molecule has 2 aliphatic rings. The molecule has 0 heterocycles. The van der Waals surface area contributed by atoms with Crippen LogP contribution in [0.4, 0.5) is 0 Å². The first-order chi connectivity index (χ1) is 12.9. The molecule has 1 unspecified atom stereocenters. The third-order valence-corrected chi connectivity index (χ3v) is 12.2. The largest absolute Gasteiger partial charge is 1.00 e. The van der Waals surface area contributed by atoms with Crippen LogP contribution in [0.2, 0.25) is 0 Å². The van der Waals surface area contributed by atoms with Gasteiger partial charge in [0, 0.05) is 0 Å². The number of halogens is 2. The van der Waals surface area contributed by atoms with E-state index in [1.165, 1.54) is 31.2 Å². The predicted octanol–water partition coefficient (Wildman–Crippen LogP) is 2.27. The van der Waals surface area contributed by atoms with Crippen molar-refractivity contribution in [1.82, 2.24) is 0 Å². The Morgan fingerprint density at radius 3 is 2.34 bits per heavy atom. The molecular weight excluding hydrogens is 450 g/mol. The number of benzene rings is 1. The first-order valence-corrected chi connectivity index (χ1v) is 13.8. The Morgan fingerprint density at radius 2 is 1.72 bits per heavy atom. The SMILES string of the molecule is CCCCC1=[C]([Ti+2][CH]2C(P(C(C)C)C(C)C)=Cc3ccccc32)CC=C1C.[Cl-].[Cl-]. The van der Waals surface area contributed by atoms with Gasteiger partial charge in [-0.25, -0.2) is 0 Å². The Bertz CT molecular complexity index is 769. The van der Waals surface area contributed by atoms with Gasteiger partial charge in [-0.2, -0.15) is 0 Å². The van der Waals surface area contributed by atoms with E-state index in [1.54, 1.807) is 16.7 Å². The van der Waals surface area contributed by atoms with E-state index in [0.29, 0.717) is 0 Å². The summed E-state index contributed by atoms with van der Waals surface area (Å²) in [5, 5.41) is 1.81. The molecule has 0 N–H and O–H groups in total. The molecule has 4 heteroatoms. The first-order valence-electron chi connectivity index (χ1n) is 10.7. The summed E-state index contributed by atoms with van der Waals surface area (Å²) in [6.07, 6.45) is 10.3. The van der Waals surface area contributed by atoms with Gasteiger partial charge in [-0.05, 0) is 0 Å². The molecule has 29 heavy (non-hydrogen) atoms. The standard InChI is InChI=1S/C15H20P.C10H15.2ClH.Ti/c1-11(2)16(12(3)4)15-9-13-7-5-6-8-14(13)10-15;1-3-4-7-10-8-5-6-9(10)2;;;/h5-12H,1-4H3;6H,3-5,7H2,1-2H3;2*1H;/q;;;;+2/p-2. The average Bonchev–Trinajstić information content (AvgIpc) is 3.14. The van der Waals surface area contributed by atoms with E-state index < -0.39 is 0 Å². The van der Waals surface area contributed by atoms with Gasteiger partial charge in [0.2, 0.25) is 0 Å². The number of rotatable bonds is 8. The second kappa shape index (κ2) is 12.3. The molecule has 1 atom stereocenters. The van der Waals surface area contributed by atoms with E-state index in [2.05, 4.69) is 78.0 Å². The number of fused-ring (bicyclic) bond motifs is 1. The van der Waals surface area contributed by atoms with Crippen molar-refractivity contribution in [2.24, 2.45) is 0 Å². The van der Waals surface area contributed by atoms with Crippen LogP contribution in [0.1, 0.15) is 82.6 Å². The zero-order chi connectivity index (χ0) is 19.6. The molecule has 1 aromatic rings. The topological polar surface area (TPSA) is 0 Å². The third-order valence-electron chi connectivity index (χ3n) is 5.87. The van der Waals surface area contributed by atoms with E-state index in [9.17, 15) is 0 Å². The van der Waals surface area contributed by atoms with E-state index in [-0.39, 0.29) is 51.9 Å². The normalized spacial score (nSPS) is 17.8. The summed E-state index contributed by atoms with van der Waals surface area (Å²) >= 11 is -0.174. The van der Waals surface area contributed by atoms with Crippen molar-refractivity contribution < 1.29 is 44.0 Å². The zero-order valence-electron chi connectivity index (χ0n) is 18.7. The Morgan fingerprint density at radius 1 is 1.07 bits per heavy atom. The fourth-order valence-electron chi connectivity index (χ4n) is 4.64. The molecular formula is C25H35Cl2PTi. The monoisotopic (exact) mass is 484 g/mol. The fraction of sp³-hybridized carbons (Fsp3) is 0.520. The van der Waals surface area contributed by atoms with Crippen LogP contribution < -0.4 is 24.8 Å². The van der Waals surface area contributed by atoms with Gasteiger partial charge in [0.05, 0.1) is 0 Å². The van der Waals surface area contributed by atoms with Gasteiger partial charge in [-0.15, -0.1) is 0 Å². The first kappa shape index (κ1) is 27.2. The summed E-state index contributed by atoms with van der Waals surface area (Å²) in [6, 6.07) is 9.24. The van der Waals surface area contributed by atoms with Crippen molar-refractivity contribution in [3.8, 4) is 0 Å². The maximum atomic E-state index is 2.59. The van der Waals surface area contributed by atoms with Crippen LogP contribution in [0.15, 0.2) is 50.7 Å². The summed E-state index contributed by atoms with van der Waals surface area (Å²) < 4.78 is 2.57. The smallest absolute Gasteiger partial charge is 1.00 e. The molecule has 0 aromatic heterocycles. The predicted molar refractivity (Wildman–Crippen MR) is 119 cm³/mol. The van der Waals surface area contributed by atoms with Gasteiger partial charge in [0.1, 0.15) is 0 Å². The minimum atomic E-state index is -0.174. The van der Waals surface area contributed by atoms with E-state index in [1.807, 2.05) is 9.19 Å². The molecule has 0 saturated heterocycles. The molecule has 0 bridgehead atoms. The molecule has 2 aliphatic carbocycles. The van der Waals surface area contributed by atoms with Crippen LogP contribution in [-0.2, 0) is 19.2 Å². The third kappa shape index (κ3) is 6.11. The number of allylic oxidation sites excluding steroid dienone is 5. The molecule has 0 spiro atoms. The Labute approximate surface area is 201 Å².